The number of rotatable bonds is 5. The van der Waals surface area contributed by atoms with Gasteiger partial charge >= 0.3 is 5.97 Å². The van der Waals surface area contributed by atoms with Gasteiger partial charge in [0, 0.05) is 25.3 Å². The SMILES string of the molecule is CC(C)N1CCOC(COc2cncc(C(=O)O)c2)C1. The van der Waals surface area contributed by atoms with Crippen LogP contribution in [0.15, 0.2) is 18.5 Å². The molecule has 1 unspecified atom stereocenters. The van der Waals surface area contributed by atoms with E-state index in [1.807, 2.05) is 0 Å². The zero-order chi connectivity index (χ0) is 14.5. The van der Waals surface area contributed by atoms with Crippen LogP contribution in [0.5, 0.6) is 5.75 Å². The first-order valence-electron chi connectivity index (χ1n) is 6.73. The van der Waals surface area contributed by atoms with Crippen LogP contribution in [0.2, 0.25) is 0 Å². The molecule has 2 rings (SSSR count). The Morgan fingerprint density at radius 1 is 1.60 bits per heavy atom. The van der Waals surface area contributed by atoms with Crippen molar-refractivity contribution in [1.29, 1.82) is 0 Å². The smallest absolute Gasteiger partial charge is 0.337 e. The van der Waals surface area contributed by atoms with Gasteiger partial charge in [0.1, 0.15) is 18.5 Å². The first-order chi connectivity index (χ1) is 9.56. The third kappa shape index (κ3) is 3.91. The van der Waals surface area contributed by atoms with Crippen LogP contribution in [0.3, 0.4) is 0 Å². The summed E-state index contributed by atoms with van der Waals surface area (Å²) in [4.78, 5) is 17.0. The van der Waals surface area contributed by atoms with Gasteiger partial charge in [-0.1, -0.05) is 0 Å². The Bertz CT molecular complexity index is 464. The predicted molar refractivity (Wildman–Crippen MR) is 73.1 cm³/mol. The number of ether oxygens (including phenoxy) is 2. The molecule has 110 valence electrons. The molecule has 0 aliphatic carbocycles. The lowest BCUT2D eigenvalue weighted by atomic mass is 10.2. The van der Waals surface area contributed by atoms with Gasteiger partial charge in [-0.3, -0.25) is 9.88 Å². The van der Waals surface area contributed by atoms with Gasteiger partial charge in [-0.25, -0.2) is 4.79 Å². The number of carboxylic acids is 1. The van der Waals surface area contributed by atoms with Crippen LogP contribution in [0, 0.1) is 0 Å². The maximum absolute atomic E-state index is 10.9. The summed E-state index contributed by atoms with van der Waals surface area (Å²) in [7, 11) is 0. The van der Waals surface area contributed by atoms with E-state index < -0.39 is 5.97 Å². The number of hydrogen-bond acceptors (Lipinski definition) is 5. The highest BCUT2D eigenvalue weighted by atomic mass is 16.5. The first kappa shape index (κ1) is 14.7. The van der Waals surface area contributed by atoms with Gasteiger partial charge in [0.15, 0.2) is 0 Å². The highest BCUT2D eigenvalue weighted by Crippen LogP contribution is 2.14. The van der Waals surface area contributed by atoms with Crippen LogP contribution in [0.1, 0.15) is 24.2 Å². The lowest BCUT2D eigenvalue weighted by molar-refractivity contribution is -0.0565. The quantitative estimate of drug-likeness (QED) is 0.875. The van der Waals surface area contributed by atoms with Crippen molar-refractivity contribution in [2.24, 2.45) is 0 Å². The molecule has 6 nitrogen and oxygen atoms in total. The number of pyridine rings is 1. The molecule has 0 aromatic carbocycles. The van der Waals surface area contributed by atoms with Crippen LogP contribution in [-0.2, 0) is 4.74 Å². The second-order valence-corrected chi connectivity index (χ2v) is 5.11. The van der Waals surface area contributed by atoms with Crippen molar-refractivity contribution in [3.63, 3.8) is 0 Å². The van der Waals surface area contributed by atoms with Crippen LogP contribution >= 0.6 is 0 Å². The van der Waals surface area contributed by atoms with E-state index in [0.717, 1.165) is 13.1 Å². The van der Waals surface area contributed by atoms with Gasteiger partial charge in [-0.05, 0) is 19.9 Å². The van der Waals surface area contributed by atoms with E-state index in [1.54, 1.807) is 0 Å². The van der Waals surface area contributed by atoms with Gasteiger partial charge in [-0.2, -0.15) is 0 Å². The van der Waals surface area contributed by atoms with Crippen molar-refractivity contribution in [3.8, 4) is 5.75 Å². The molecule has 1 saturated heterocycles. The normalized spacial score (nSPS) is 20.1. The third-order valence-corrected chi connectivity index (χ3v) is 3.30. The van der Waals surface area contributed by atoms with Crippen molar-refractivity contribution in [2.75, 3.05) is 26.3 Å². The molecule has 0 bridgehead atoms. The molecule has 0 amide bonds. The molecule has 1 N–H and O–H groups in total. The summed E-state index contributed by atoms with van der Waals surface area (Å²) in [5.74, 6) is -0.557. The Kier molecular flexibility index (Phi) is 4.92. The van der Waals surface area contributed by atoms with Gasteiger partial charge in [0.05, 0.1) is 18.4 Å². The van der Waals surface area contributed by atoms with Gasteiger partial charge < -0.3 is 14.6 Å². The van der Waals surface area contributed by atoms with Crippen molar-refractivity contribution in [2.45, 2.75) is 26.0 Å². The average Bonchev–Trinajstić information content (AvgIpc) is 2.45. The highest BCUT2D eigenvalue weighted by Gasteiger charge is 2.22. The zero-order valence-corrected chi connectivity index (χ0v) is 11.8. The minimum Gasteiger partial charge on any atom is -0.489 e. The van der Waals surface area contributed by atoms with Gasteiger partial charge in [0.25, 0.3) is 0 Å². The molecule has 1 aliphatic heterocycles. The third-order valence-electron chi connectivity index (χ3n) is 3.30. The van der Waals surface area contributed by atoms with Crippen LogP contribution in [-0.4, -0.2) is 59.4 Å². The molecular formula is C14H20N2O4. The van der Waals surface area contributed by atoms with E-state index in [-0.39, 0.29) is 11.7 Å². The topological polar surface area (TPSA) is 71.9 Å². The summed E-state index contributed by atoms with van der Waals surface area (Å²) in [5, 5.41) is 8.90. The van der Waals surface area contributed by atoms with E-state index in [1.165, 1.54) is 18.5 Å². The fourth-order valence-electron chi connectivity index (χ4n) is 2.12. The lowest BCUT2D eigenvalue weighted by Gasteiger charge is -2.35. The number of carboxylic acid groups (broad SMARTS) is 1. The minimum atomic E-state index is -1.01. The number of hydrogen-bond donors (Lipinski definition) is 1. The molecule has 1 aromatic rings. The van der Waals surface area contributed by atoms with Crippen molar-refractivity contribution in [3.05, 3.63) is 24.0 Å². The largest absolute Gasteiger partial charge is 0.489 e. The molecule has 6 heteroatoms. The Labute approximate surface area is 118 Å². The van der Waals surface area contributed by atoms with E-state index in [0.29, 0.717) is 25.0 Å². The second-order valence-electron chi connectivity index (χ2n) is 5.11. The Morgan fingerprint density at radius 2 is 2.40 bits per heavy atom. The van der Waals surface area contributed by atoms with Crippen LogP contribution in [0.4, 0.5) is 0 Å². The summed E-state index contributed by atoms with van der Waals surface area (Å²) < 4.78 is 11.2. The molecule has 0 radical (unpaired) electrons. The summed E-state index contributed by atoms with van der Waals surface area (Å²) in [6, 6.07) is 1.96. The highest BCUT2D eigenvalue weighted by molar-refractivity contribution is 5.87. The Hall–Kier alpha value is -1.66. The second kappa shape index (κ2) is 6.67. The maximum atomic E-state index is 10.9. The van der Waals surface area contributed by atoms with Crippen molar-refractivity contribution < 1.29 is 19.4 Å². The number of nitrogens with zero attached hydrogens (tertiary/aromatic N) is 2. The summed E-state index contributed by atoms with van der Waals surface area (Å²) in [6.45, 7) is 7.16. The fourth-order valence-corrected chi connectivity index (χ4v) is 2.12. The molecule has 0 saturated carbocycles. The van der Waals surface area contributed by atoms with E-state index >= 15 is 0 Å². The fraction of sp³-hybridized carbons (Fsp3) is 0.571. The number of carbonyl (C=O) groups is 1. The molecule has 1 fully saturated rings. The van der Waals surface area contributed by atoms with E-state index in [2.05, 4.69) is 23.7 Å². The molecule has 1 atom stereocenters. The van der Waals surface area contributed by atoms with Gasteiger partial charge in [-0.15, -0.1) is 0 Å². The van der Waals surface area contributed by atoms with E-state index in [9.17, 15) is 4.79 Å². The summed E-state index contributed by atoms with van der Waals surface area (Å²) in [5.41, 5.74) is 0.121. The monoisotopic (exact) mass is 280 g/mol. The van der Waals surface area contributed by atoms with E-state index in [4.69, 9.17) is 14.6 Å². The summed E-state index contributed by atoms with van der Waals surface area (Å²) in [6.07, 6.45) is 2.81. The number of aromatic carboxylic acids is 1. The Balaban J connectivity index is 1.88. The van der Waals surface area contributed by atoms with Crippen molar-refractivity contribution in [1.82, 2.24) is 9.88 Å². The summed E-state index contributed by atoms with van der Waals surface area (Å²) >= 11 is 0. The van der Waals surface area contributed by atoms with Crippen LogP contribution in [0.25, 0.3) is 0 Å². The van der Waals surface area contributed by atoms with Crippen LogP contribution < -0.4 is 4.74 Å². The standard InChI is InChI=1S/C14H20N2O4/c1-10(2)16-3-4-19-13(8-16)9-20-12-5-11(14(17)18)6-15-7-12/h5-7,10,13H,3-4,8-9H2,1-2H3,(H,17,18). The van der Waals surface area contributed by atoms with Gasteiger partial charge in [0.2, 0.25) is 0 Å². The molecule has 1 aromatic heterocycles. The average molecular weight is 280 g/mol. The molecule has 1 aliphatic rings. The first-order valence-corrected chi connectivity index (χ1v) is 6.73. The number of morpholine rings is 1. The number of aromatic nitrogens is 1. The molecule has 2 heterocycles. The lowest BCUT2D eigenvalue weighted by Crippen LogP contribution is -2.47. The molecular weight excluding hydrogens is 260 g/mol. The minimum absolute atomic E-state index is 0.000339. The zero-order valence-electron chi connectivity index (χ0n) is 11.8. The van der Waals surface area contributed by atoms with Crippen molar-refractivity contribution >= 4 is 5.97 Å². The predicted octanol–water partition coefficient (Wildman–Crippen LogP) is 1.27. The maximum Gasteiger partial charge on any atom is 0.337 e. The molecule has 20 heavy (non-hydrogen) atoms. The Morgan fingerprint density at radius 3 is 3.10 bits per heavy atom. The molecule has 0 spiro atoms.